The van der Waals surface area contributed by atoms with Crippen molar-refractivity contribution in [2.75, 3.05) is 20.1 Å². The molecule has 1 aromatic carbocycles. The van der Waals surface area contributed by atoms with Crippen molar-refractivity contribution >= 4 is 0 Å². The van der Waals surface area contributed by atoms with Crippen LogP contribution in [0.2, 0.25) is 0 Å². The monoisotopic (exact) mass is 220 g/mol. The zero-order valence-electron chi connectivity index (χ0n) is 10.7. The van der Waals surface area contributed by atoms with Gasteiger partial charge in [-0.05, 0) is 24.9 Å². The number of likely N-dealkylation sites (N-methyl/N-ethyl adjacent to an activating group) is 1. The Balaban J connectivity index is 2.33. The molecule has 0 bridgehead atoms. The number of rotatable bonds is 6. The molecule has 0 amide bonds. The fourth-order valence-electron chi connectivity index (χ4n) is 2.08. The number of nitrogens with zero attached hydrogens (tertiary/aromatic N) is 1. The van der Waals surface area contributed by atoms with Gasteiger partial charge in [0.15, 0.2) is 0 Å². The lowest BCUT2D eigenvalue weighted by molar-refractivity contribution is 0.277. The summed E-state index contributed by atoms with van der Waals surface area (Å²) in [6.07, 6.45) is 0.962. The molecule has 1 atom stereocenters. The predicted octanol–water partition coefficient (Wildman–Crippen LogP) is 2.14. The molecule has 0 fully saturated rings. The van der Waals surface area contributed by atoms with Crippen molar-refractivity contribution < 1.29 is 0 Å². The average molecular weight is 220 g/mol. The first-order chi connectivity index (χ1) is 7.58. The van der Waals surface area contributed by atoms with Crippen molar-refractivity contribution in [2.45, 2.75) is 26.3 Å². The van der Waals surface area contributed by atoms with Crippen LogP contribution in [0.3, 0.4) is 0 Å². The third-order valence-electron chi connectivity index (χ3n) is 2.56. The van der Waals surface area contributed by atoms with Crippen LogP contribution in [0, 0.1) is 5.92 Å². The molecule has 2 nitrogen and oxygen atoms in total. The molecular weight excluding hydrogens is 196 g/mol. The van der Waals surface area contributed by atoms with Gasteiger partial charge in [-0.3, -0.25) is 0 Å². The van der Waals surface area contributed by atoms with Gasteiger partial charge in [-0.2, -0.15) is 0 Å². The van der Waals surface area contributed by atoms with Crippen molar-refractivity contribution in [3.63, 3.8) is 0 Å². The van der Waals surface area contributed by atoms with Crippen molar-refractivity contribution in [1.29, 1.82) is 0 Å². The van der Waals surface area contributed by atoms with Crippen LogP contribution in [0.1, 0.15) is 19.4 Å². The zero-order chi connectivity index (χ0) is 12.0. The minimum Gasteiger partial charge on any atom is -0.326 e. The van der Waals surface area contributed by atoms with E-state index in [4.69, 9.17) is 5.73 Å². The van der Waals surface area contributed by atoms with E-state index in [0.717, 1.165) is 19.5 Å². The second-order valence-electron chi connectivity index (χ2n) is 5.06. The van der Waals surface area contributed by atoms with E-state index < -0.39 is 0 Å². The largest absolute Gasteiger partial charge is 0.326 e. The van der Waals surface area contributed by atoms with Crippen molar-refractivity contribution in [2.24, 2.45) is 11.7 Å². The van der Waals surface area contributed by atoms with E-state index >= 15 is 0 Å². The van der Waals surface area contributed by atoms with Gasteiger partial charge in [0.1, 0.15) is 0 Å². The van der Waals surface area contributed by atoms with E-state index in [9.17, 15) is 0 Å². The molecule has 0 radical (unpaired) electrons. The smallest absolute Gasteiger partial charge is 0.0208 e. The zero-order valence-corrected chi connectivity index (χ0v) is 10.7. The first kappa shape index (κ1) is 13.2. The van der Waals surface area contributed by atoms with Crippen LogP contribution >= 0.6 is 0 Å². The van der Waals surface area contributed by atoms with Crippen molar-refractivity contribution in [1.82, 2.24) is 4.90 Å². The lowest BCUT2D eigenvalue weighted by Crippen LogP contribution is -2.38. The topological polar surface area (TPSA) is 29.3 Å². The molecule has 1 unspecified atom stereocenters. The highest BCUT2D eigenvalue weighted by molar-refractivity contribution is 5.15. The quantitative estimate of drug-likeness (QED) is 0.796. The number of nitrogens with two attached hydrogens (primary N) is 1. The molecule has 0 heterocycles. The Hall–Kier alpha value is -0.860. The highest BCUT2D eigenvalue weighted by atomic mass is 15.1. The maximum atomic E-state index is 6.14. The summed E-state index contributed by atoms with van der Waals surface area (Å²) in [5.74, 6) is 0.703. The molecule has 0 saturated heterocycles. The summed E-state index contributed by atoms with van der Waals surface area (Å²) in [7, 11) is 2.14. The van der Waals surface area contributed by atoms with Crippen LogP contribution in [-0.2, 0) is 6.42 Å². The number of benzene rings is 1. The highest BCUT2D eigenvalue weighted by Crippen LogP contribution is 2.03. The Labute approximate surface area is 99.5 Å². The molecule has 0 aliphatic heterocycles. The average Bonchev–Trinajstić information content (AvgIpc) is 2.17. The van der Waals surface area contributed by atoms with E-state index in [-0.39, 0.29) is 6.04 Å². The summed E-state index contributed by atoms with van der Waals surface area (Å²) in [6.45, 7) is 6.55. The maximum absolute atomic E-state index is 6.14. The summed E-state index contributed by atoms with van der Waals surface area (Å²) < 4.78 is 0. The second kappa shape index (κ2) is 6.66. The normalized spacial score (nSPS) is 13.4. The van der Waals surface area contributed by atoms with Gasteiger partial charge in [0, 0.05) is 19.1 Å². The van der Waals surface area contributed by atoms with Gasteiger partial charge >= 0.3 is 0 Å². The summed E-state index contributed by atoms with van der Waals surface area (Å²) in [5.41, 5.74) is 7.47. The Bertz CT molecular complexity index is 282. The van der Waals surface area contributed by atoms with Gasteiger partial charge in [0.25, 0.3) is 0 Å². The van der Waals surface area contributed by atoms with Crippen LogP contribution in [0.4, 0.5) is 0 Å². The van der Waals surface area contributed by atoms with E-state index in [1.165, 1.54) is 5.56 Å². The Morgan fingerprint density at radius 3 is 2.31 bits per heavy atom. The third-order valence-corrected chi connectivity index (χ3v) is 2.56. The lowest BCUT2D eigenvalue weighted by atomic mass is 10.1. The fraction of sp³-hybridized carbons (Fsp3) is 0.571. The minimum atomic E-state index is 0.228. The molecule has 1 rings (SSSR count). The van der Waals surface area contributed by atoms with Gasteiger partial charge < -0.3 is 10.6 Å². The van der Waals surface area contributed by atoms with Crippen LogP contribution in [0.15, 0.2) is 30.3 Å². The van der Waals surface area contributed by atoms with E-state index in [1.54, 1.807) is 0 Å². The first-order valence-corrected chi connectivity index (χ1v) is 6.06. The molecular formula is C14H24N2. The Kier molecular flexibility index (Phi) is 5.50. The first-order valence-electron chi connectivity index (χ1n) is 6.06. The summed E-state index contributed by atoms with van der Waals surface area (Å²) in [5, 5.41) is 0. The Morgan fingerprint density at radius 2 is 1.75 bits per heavy atom. The van der Waals surface area contributed by atoms with E-state index in [2.05, 4.69) is 50.1 Å². The summed E-state index contributed by atoms with van der Waals surface area (Å²) in [4.78, 5) is 2.32. The predicted molar refractivity (Wildman–Crippen MR) is 70.5 cm³/mol. The van der Waals surface area contributed by atoms with Crippen LogP contribution in [0.25, 0.3) is 0 Å². The van der Waals surface area contributed by atoms with Crippen molar-refractivity contribution in [3.05, 3.63) is 35.9 Å². The van der Waals surface area contributed by atoms with Crippen LogP contribution in [0.5, 0.6) is 0 Å². The highest BCUT2D eigenvalue weighted by Gasteiger charge is 2.08. The molecule has 0 aliphatic rings. The van der Waals surface area contributed by atoms with Gasteiger partial charge in [0.05, 0.1) is 0 Å². The SMILES string of the molecule is CC(C)CN(C)CC(N)Cc1ccccc1. The molecule has 90 valence electrons. The van der Waals surface area contributed by atoms with Gasteiger partial charge in [-0.15, -0.1) is 0 Å². The van der Waals surface area contributed by atoms with Gasteiger partial charge in [-0.1, -0.05) is 44.2 Å². The van der Waals surface area contributed by atoms with Crippen molar-refractivity contribution in [3.8, 4) is 0 Å². The molecule has 2 heteroatoms. The summed E-state index contributed by atoms with van der Waals surface area (Å²) >= 11 is 0. The number of hydrogen-bond acceptors (Lipinski definition) is 2. The Morgan fingerprint density at radius 1 is 1.12 bits per heavy atom. The summed E-state index contributed by atoms with van der Waals surface area (Å²) in [6, 6.07) is 10.7. The lowest BCUT2D eigenvalue weighted by Gasteiger charge is -2.22. The fourth-order valence-corrected chi connectivity index (χ4v) is 2.08. The van der Waals surface area contributed by atoms with E-state index in [1.807, 2.05) is 6.07 Å². The van der Waals surface area contributed by atoms with Crippen LogP contribution in [-0.4, -0.2) is 31.1 Å². The molecule has 1 aromatic rings. The van der Waals surface area contributed by atoms with Gasteiger partial charge in [0.2, 0.25) is 0 Å². The molecule has 2 N–H and O–H groups in total. The number of hydrogen-bond donors (Lipinski definition) is 1. The van der Waals surface area contributed by atoms with Crippen LogP contribution < -0.4 is 5.73 Å². The second-order valence-corrected chi connectivity index (χ2v) is 5.06. The molecule has 0 aromatic heterocycles. The molecule has 16 heavy (non-hydrogen) atoms. The molecule has 0 spiro atoms. The third kappa shape index (κ3) is 5.29. The molecule has 0 aliphatic carbocycles. The molecule has 0 saturated carbocycles. The van der Waals surface area contributed by atoms with Gasteiger partial charge in [-0.25, -0.2) is 0 Å². The van der Waals surface area contributed by atoms with E-state index in [0.29, 0.717) is 5.92 Å². The maximum Gasteiger partial charge on any atom is 0.0208 e. The minimum absolute atomic E-state index is 0.228. The standard InChI is InChI=1S/C14H24N2/c1-12(2)10-16(3)11-14(15)9-13-7-5-4-6-8-13/h4-8,12,14H,9-11,15H2,1-3H3.